The number of rotatable bonds is 10. The molecular formula is C28H28F3NO5S. The molecule has 0 aromatic heterocycles. The lowest BCUT2D eigenvalue weighted by Gasteiger charge is -2.28. The van der Waals surface area contributed by atoms with Gasteiger partial charge in [0.05, 0.1) is 12.7 Å². The van der Waals surface area contributed by atoms with Gasteiger partial charge in [-0.05, 0) is 60.9 Å². The van der Waals surface area contributed by atoms with Crippen molar-refractivity contribution in [2.45, 2.75) is 43.9 Å². The molecule has 0 bridgehead atoms. The lowest BCUT2D eigenvalue weighted by atomic mass is 10.1. The summed E-state index contributed by atoms with van der Waals surface area (Å²) in [6.07, 6.45) is -0.860. The SMILES string of the molecule is CCC(C)N(Cc1ccc(OC)c(OS(=O)(=O)c2cccc(C(F)(F)F)c2)c1)C(=O)C=Cc1ccccc1. The van der Waals surface area contributed by atoms with Gasteiger partial charge in [0.2, 0.25) is 5.91 Å². The first kappa shape index (κ1) is 28.8. The van der Waals surface area contributed by atoms with E-state index in [1.165, 1.54) is 25.3 Å². The number of amides is 1. The predicted molar refractivity (Wildman–Crippen MR) is 138 cm³/mol. The molecule has 0 fully saturated rings. The lowest BCUT2D eigenvalue weighted by Crippen LogP contribution is -2.36. The molecule has 1 atom stereocenters. The van der Waals surface area contributed by atoms with Gasteiger partial charge >= 0.3 is 16.3 Å². The number of alkyl halides is 3. The van der Waals surface area contributed by atoms with E-state index in [9.17, 15) is 26.4 Å². The van der Waals surface area contributed by atoms with Gasteiger partial charge in [0.15, 0.2) is 11.5 Å². The fraction of sp³-hybridized carbons (Fsp3) is 0.250. The van der Waals surface area contributed by atoms with Gasteiger partial charge in [0, 0.05) is 18.7 Å². The Bertz CT molecular complexity index is 1390. The maximum atomic E-state index is 13.1. The normalized spacial score (nSPS) is 12.8. The van der Waals surface area contributed by atoms with E-state index in [0.29, 0.717) is 18.1 Å². The molecule has 202 valence electrons. The van der Waals surface area contributed by atoms with Gasteiger partial charge in [-0.25, -0.2) is 0 Å². The Labute approximate surface area is 220 Å². The van der Waals surface area contributed by atoms with Crippen molar-refractivity contribution >= 4 is 22.1 Å². The van der Waals surface area contributed by atoms with Gasteiger partial charge in [0.1, 0.15) is 4.90 Å². The number of hydrogen-bond donors (Lipinski definition) is 0. The highest BCUT2D eigenvalue weighted by Crippen LogP contribution is 2.34. The second-order valence-corrected chi connectivity index (χ2v) is 10.1. The van der Waals surface area contributed by atoms with Crippen molar-refractivity contribution in [3.63, 3.8) is 0 Å². The van der Waals surface area contributed by atoms with Gasteiger partial charge in [-0.2, -0.15) is 21.6 Å². The molecule has 0 heterocycles. The van der Waals surface area contributed by atoms with E-state index in [1.54, 1.807) is 17.0 Å². The topological polar surface area (TPSA) is 72.9 Å². The molecular weight excluding hydrogens is 519 g/mol. The zero-order chi connectivity index (χ0) is 27.9. The minimum absolute atomic E-state index is 0.0645. The molecule has 0 aliphatic carbocycles. The molecule has 38 heavy (non-hydrogen) atoms. The summed E-state index contributed by atoms with van der Waals surface area (Å²) in [6.45, 7) is 3.97. The number of carbonyl (C=O) groups excluding carboxylic acids is 1. The van der Waals surface area contributed by atoms with Crippen molar-refractivity contribution in [1.29, 1.82) is 0 Å². The third-order valence-corrected chi connectivity index (χ3v) is 7.08. The minimum Gasteiger partial charge on any atom is -0.493 e. The number of hydrogen-bond acceptors (Lipinski definition) is 5. The summed E-state index contributed by atoms with van der Waals surface area (Å²) in [6, 6.07) is 17.0. The molecule has 3 rings (SSSR count). The molecule has 1 unspecified atom stereocenters. The number of halogens is 3. The van der Waals surface area contributed by atoms with Crippen LogP contribution in [0.25, 0.3) is 6.08 Å². The Morgan fingerprint density at radius 3 is 2.34 bits per heavy atom. The van der Waals surface area contributed by atoms with Gasteiger partial charge in [-0.1, -0.05) is 49.4 Å². The molecule has 0 radical (unpaired) electrons. The van der Waals surface area contributed by atoms with E-state index in [-0.39, 0.29) is 30.0 Å². The second-order valence-electron chi connectivity index (χ2n) is 8.52. The Morgan fingerprint density at radius 2 is 1.71 bits per heavy atom. The van der Waals surface area contributed by atoms with Crippen LogP contribution in [0.5, 0.6) is 11.5 Å². The molecule has 0 N–H and O–H groups in total. The van der Waals surface area contributed by atoms with E-state index >= 15 is 0 Å². The molecule has 1 amide bonds. The molecule has 0 spiro atoms. The first-order valence-electron chi connectivity index (χ1n) is 11.8. The second kappa shape index (κ2) is 12.2. The van der Waals surface area contributed by atoms with Gasteiger partial charge in [0.25, 0.3) is 0 Å². The van der Waals surface area contributed by atoms with Gasteiger partial charge in [-0.15, -0.1) is 0 Å². The van der Waals surface area contributed by atoms with E-state index in [0.717, 1.165) is 23.8 Å². The van der Waals surface area contributed by atoms with Crippen LogP contribution < -0.4 is 8.92 Å². The summed E-state index contributed by atoms with van der Waals surface area (Å²) >= 11 is 0. The fourth-order valence-corrected chi connectivity index (χ4v) is 4.55. The number of nitrogens with zero attached hydrogens (tertiary/aromatic N) is 1. The number of carbonyl (C=O) groups is 1. The average molecular weight is 548 g/mol. The Balaban J connectivity index is 1.89. The van der Waals surface area contributed by atoms with Crippen molar-refractivity contribution < 1.29 is 35.3 Å². The van der Waals surface area contributed by atoms with Crippen LogP contribution in [-0.2, 0) is 27.6 Å². The van der Waals surface area contributed by atoms with Crippen LogP contribution in [0.1, 0.15) is 37.0 Å². The van der Waals surface area contributed by atoms with Crippen molar-refractivity contribution in [1.82, 2.24) is 4.90 Å². The summed E-state index contributed by atoms with van der Waals surface area (Å²) in [5.74, 6) is -0.383. The summed E-state index contributed by atoms with van der Waals surface area (Å²) in [5, 5.41) is 0. The quantitative estimate of drug-likeness (QED) is 0.219. The van der Waals surface area contributed by atoms with Crippen LogP contribution >= 0.6 is 0 Å². The largest absolute Gasteiger partial charge is 0.493 e. The molecule has 10 heteroatoms. The molecule has 0 aliphatic rings. The fourth-order valence-electron chi connectivity index (χ4n) is 3.57. The zero-order valence-electron chi connectivity index (χ0n) is 21.1. The molecule has 0 saturated heterocycles. The lowest BCUT2D eigenvalue weighted by molar-refractivity contribution is -0.137. The summed E-state index contributed by atoms with van der Waals surface area (Å²) in [7, 11) is -3.31. The number of benzene rings is 3. The first-order valence-corrected chi connectivity index (χ1v) is 13.2. The molecule has 3 aromatic carbocycles. The third-order valence-electron chi connectivity index (χ3n) is 5.85. The molecule has 3 aromatic rings. The molecule has 0 aliphatic heterocycles. The van der Waals surface area contributed by atoms with E-state index in [1.807, 2.05) is 44.2 Å². The Morgan fingerprint density at radius 1 is 1.00 bits per heavy atom. The Kier molecular flexibility index (Phi) is 9.22. The third kappa shape index (κ3) is 7.38. The Hall–Kier alpha value is -3.79. The first-order chi connectivity index (χ1) is 17.9. The monoisotopic (exact) mass is 547 g/mol. The van der Waals surface area contributed by atoms with E-state index in [2.05, 4.69) is 0 Å². The van der Waals surface area contributed by atoms with Gasteiger partial charge < -0.3 is 13.8 Å². The smallest absolute Gasteiger partial charge is 0.416 e. The highest BCUT2D eigenvalue weighted by molar-refractivity contribution is 7.87. The van der Waals surface area contributed by atoms with Crippen LogP contribution in [0.2, 0.25) is 0 Å². The standard InChI is InChI=1S/C28H28F3NO5S/c1-4-20(2)32(27(33)16-14-21-9-6-5-7-10-21)19-22-13-15-25(36-3)26(17-22)37-38(34,35)24-12-8-11-23(18-24)28(29,30)31/h5-18,20H,4,19H2,1-3H3. The zero-order valence-corrected chi connectivity index (χ0v) is 21.9. The highest BCUT2D eigenvalue weighted by Gasteiger charge is 2.32. The van der Waals surface area contributed by atoms with Gasteiger partial charge in [-0.3, -0.25) is 4.79 Å². The maximum absolute atomic E-state index is 13.1. The highest BCUT2D eigenvalue weighted by atomic mass is 32.2. The summed E-state index contributed by atoms with van der Waals surface area (Å²) in [4.78, 5) is 14.0. The molecule has 6 nitrogen and oxygen atoms in total. The average Bonchev–Trinajstić information content (AvgIpc) is 2.90. The maximum Gasteiger partial charge on any atom is 0.416 e. The van der Waals surface area contributed by atoms with E-state index < -0.39 is 26.8 Å². The van der Waals surface area contributed by atoms with Crippen molar-refractivity contribution in [3.05, 3.63) is 95.6 Å². The van der Waals surface area contributed by atoms with E-state index in [4.69, 9.17) is 8.92 Å². The number of ether oxygens (including phenoxy) is 1. The van der Waals surface area contributed by atoms with Crippen molar-refractivity contribution in [3.8, 4) is 11.5 Å². The number of methoxy groups -OCH3 is 1. The van der Waals surface area contributed by atoms with Crippen LogP contribution in [0.4, 0.5) is 13.2 Å². The van der Waals surface area contributed by atoms with Crippen LogP contribution in [0.15, 0.2) is 83.8 Å². The van der Waals surface area contributed by atoms with Crippen molar-refractivity contribution in [2.75, 3.05) is 7.11 Å². The van der Waals surface area contributed by atoms with Crippen LogP contribution in [0.3, 0.4) is 0 Å². The minimum atomic E-state index is -4.72. The van der Waals surface area contributed by atoms with Crippen molar-refractivity contribution in [2.24, 2.45) is 0 Å². The summed E-state index contributed by atoms with van der Waals surface area (Å²) in [5.41, 5.74) is 0.292. The molecule has 0 saturated carbocycles. The predicted octanol–water partition coefficient (Wildman–Crippen LogP) is 6.32. The van der Waals surface area contributed by atoms with Crippen LogP contribution in [0, 0.1) is 0 Å². The summed E-state index contributed by atoms with van der Waals surface area (Å²) < 4.78 is 75.4. The van der Waals surface area contributed by atoms with Crippen LogP contribution in [-0.4, -0.2) is 32.4 Å².